The van der Waals surface area contributed by atoms with Crippen molar-refractivity contribution in [2.75, 3.05) is 24.5 Å². The van der Waals surface area contributed by atoms with E-state index in [-0.39, 0.29) is 19.5 Å². The lowest BCUT2D eigenvalue weighted by atomic mass is 10.0. The average molecular weight is 409 g/mol. The highest BCUT2D eigenvalue weighted by Gasteiger charge is 2.39. The number of carbonyl (C=O) groups is 1. The van der Waals surface area contributed by atoms with Crippen molar-refractivity contribution in [1.29, 1.82) is 5.26 Å². The van der Waals surface area contributed by atoms with Crippen LogP contribution in [-0.2, 0) is 11.0 Å². The van der Waals surface area contributed by atoms with E-state index in [2.05, 4.69) is 0 Å². The summed E-state index contributed by atoms with van der Waals surface area (Å²) in [5, 5.41) is 8.87. The van der Waals surface area contributed by atoms with Crippen molar-refractivity contribution in [1.82, 2.24) is 4.90 Å². The predicted molar refractivity (Wildman–Crippen MR) is 91.6 cm³/mol. The minimum absolute atomic E-state index is 0.0350. The number of rotatable bonds is 7. The van der Waals surface area contributed by atoms with Crippen LogP contribution in [0.4, 0.5) is 32.0 Å². The Morgan fingerprint density at radius 1 is 1.11 bits per heavy atom. The first-order valence-corrected chi connectivity index (χ1v) is 8.63. The Morgan fingerprint density at radius 3 is 2.07 bits per heavy atom. The molecule has 1 amide bonds. The maximum Gasteiger partial charge on any atom is 0.417 e. The molecule has 1 aromatic carbocycles. The fraction of sp³-hybridized carbons (Fsp3) is 0.556. The van der Waals surface area contributed by atoms with Crippen molar-refractivity contribution in [2.45, 2.75) is 45.6 Å². The summed E-state index contributed by atoms with van der Waals surface area (Å²) >= 11 is 0. The molecule has 0 aliphatic heterocycles. The molecular formula is C18H21F6N3O. The van der Waals surface area contributed by atoms with Gasteiger partial charge in [0, 0.05) is 18.8 Å². The Hall–Kier alpha value is -2.44. The van der Waals surface area contributed by atoms with Gasteiger partial charge in [0.1, 0.15) is 12.6 Å². The van der Waals surface area contributed by atoms with Gasteiger partial charge >= 0.3 is 12.4 Å². The molecule has 0 aromatic heterocycles. The summed E-state index contributed by atoms with van der Waals surface area (Å²) in [4.78, 5) is 14.6. The third-order valence-electron chi connectivity index (χ3n) is 4.23. The molecule has 0 aliphatic carbocycles. The molecule has 0 fully saturated rings. The number of benzene rings is 1. The van der Waals surface area contributed by atoms with E-state index in [0.29, 0.717) is 11.0 Å². The number of nitrogens with zero attached hydrogens (tertiary/aromatic N) is 3. The van der Waals surface area contributed by atoms with Gasteiger partial charge in [0.05, 0.1) is 17.2 Å². The summed E-state index contributed by atoms with van der Waals surface area (Å²) in [5.41, 5.74) is -2.47. The van der Waals surface area contributed by atoms with Gasteiger partial charge in [-0.25, -0.2) is 0 Å². The summed E-state index contributed by atoms with van der Waals surface area (Å²) in [7, 11) is 0. The van der Waals surface area contributed by atoms with Gasteiger partial charge in [-0.2, -0.15) is 31.6 Å². The van der Waals surface area contributed by atoms with Crippen LogP contribution in [0.25, 0.3) is 0 Å². The van der Waals surface area contributed by atoms with E-state index in [1.807, 2.05) is 0 Å². The van der Waals surface area contributed by atoms with E-state index in [4.69, 9.17) is 5.26 Å². The van der Waals surface area contributed by atoms with Gasteiger partial charge in [0.15, 0.2) is 0 Å². The van der Waals surface area contributed by atoms with Crippen molar-refractivity contribution in [3.8, 4) is 6.07 Å². The Labute approximate surface area is 159 Å². The number of amides is 1. The number of halogens is 6. The lowest BCUT2D eigenvalue weighted by molar-refractivity contribution is -0.137. The first-order valence-electron chi connectivity index (χ1n) is 8.63. The number of carbonyl (C=O) groups excluding carboxylic acids is 1. The summed E-state index contributed by atoms with van der Waals surface area (Å²) in [6.45, 7) is 3.72. The molecule has 1 atom stereocenters. The van der Waals surface area contributed by atoms with Crippen molar-refractivity contribution in [2.24, 2.45) is 0 Å². The molecule has 0 N–H and O–H groups in total. The quantitative estimate of drug-likeness (QED) is 0.619. The number of anilines is 1. The van der Waals surface area contributed by atoms with Gasteiger partial charge in [-0.3, -0.25) is 4.79 Å². The molecule has 1 rings (SSSR count). The number of hydrogen-bond acceptors (Lipinski definition) is 3. The number of likely N-dealkylation sites (N-methyl/N-ethyl adjacent to an activating group) is 1. The van der Waals surface area contributed by atoms with Gasteiger partial charge in [0.2, 0.25) is 5.91 Å². The number of hydrogen-bond donors (Lipinski definition) is 0. The first-order chi connectivity index (χ1) is 12.9. The van der Waals surface area contributed by atoms with E-state index >= 15 is 0 Å². The molecule has 0 saturated carbocycles. The summed E-state index contributed by atoms with van der Waals surface area (Å²) < 4.78 is 79.2. The standard InChI is InChI=1S/C18H21F6N3O/c1-4-15(16(28)26(5-2)6-3)27(11-17(19,20)21)13-8-7-12(10-25)14(9-13)18(22,23)24/h7-9,15H,4-6,11H2,1-3H3. The smallest absolute Gasteiger partial charge is 0.350 e. The van der Waals surface area contributed by atoms with Crippen LogP contribution in [0.3, 0.4) is 0 Å². The second-order valence-corrected chi connectivity index (χ2v) is 6.02. The molecule has 0 radical (unpaired) electrons. The van der Waals surface area contributed by atoms with Crippen LogP contribution in [-0.4, -0.2) is 42.7 Å². The highest BCUT2D eigenvalue weighted by atomic mass is 19.4. The molecule has 0 heterocycles. The zero-order chi connectivity index (χ0) is 21.7. The number of alkyl halides is 6. The van der Waals surface area contributed by atoms with Crippen LogP contribution in [0.5, 0.6) is 0 Å². The normalized spacial score (nSPS) is 13.0. The van der Waals surface area contributed by atoms with Crippen molar-refractivity contribution in [3.05, 3.63) is 29.3 Å². The van der Waals surface area contributed by atoms with Crippen LogP contribution in [0.2, 0.25) is 0 Å². The first kappa shape index (κ1) is 23.6. The van der Waals surface area contributed by atoms with Gasteiger partial charge in [0.25, 0.3) is 0 Å². The second-order valence-electron chi connectivity index (χ2n) is 6.02. The third kappa shape index (κ3) is 5.78. The van der Waals surface area contributed by atoms with E-state index in [0.717, 1.165) is 12.1 Å². The second kappa shape index (κ2) is 9.17. The fourth-order valence-corrected chi connectivity index (χ4v) is 2.89. The summed E-state index contributed by atoms with van der Waals surface area (Å²) in [5.74, 6) is -0.602. The monoisotopic (exact) mass is 409 g/mol. The predicted octanol–water partition coefficient (Wildman–Crippen LogP) is 4.59. The van der Waals surface area contributed by atoms with Crippen molar-refractivity contribution >= 4 is 11.6 Å². The maximum absolute atomic E-state index is 13.2. The molecular weight excluding hydrogens is 388 g/mol. The van der Waals surface area contributed by atoms with Gasteiger partial charge in [-0.15, -0.1) is 0 Å². The minimum atomic E-state index is -4.92. The third-order valence-corrected chi connectivity index (χ3v) is 4.23. The van der Waals surface area contributed by atoms with Crippen molar-refractivity contribution in [3.63, 3.8) is 0 Å². The van der Waals surface area contributed by atoms with Crippen LogP contribution < -0.4 is 4.90 Å². The Bertz CT molecular complexity index is 720. The lowest BCUT2D eigenvalue weighted by Crippen LogP contribution is -2.51. The van der Waals surface area contributed by atoms with Crippen LogP contribution in [0.1, 0.15) is 38.3 Å². The Morgan fingerprint density at radius 2 is 1.68 bits per heavy atom. The molecule has 156 valence electrons. The number of nitriles is 1. The Balaban J connectivity index is 3.54. The molecule has 10 heteroatoms. The van der Waals surface area contributed by atoms with E-state index in [1.165, 1.54) is 17.9 Å². The molecule has 0 aliphatic rings. The molecule has 4 nitrogen and oxygen atoms in total. The van der Waals surface area contributed by atoms with Gasteiger partial charge < -0.3 is 9.80 Å². The summed E-state index contributed by atoms with van der Waals surface area (Å²) in [6.07, 6.45) is -9.70. The highest BCUT2D eigenvalue weighted by Crippen LogP contribution is 2.36. The topological polar surface area (TPSA) is 47.3 Å². The van der Waals surface area contributed by atoms with Crippen LogP contribution in [0, 0.1) is 11.3 Å². The largest absolute Gasteiger partial charge is 0.417 e. The van der Waals surface area contributed by atoms with Gasteiger partial charge in [-0.05, 0) is 38.5 Å². The zero-order valence-electron chi connectivity index (χ0n) is 15.7. The molecule has 1 unspecified atom stereocenters. The Kier molecular flexibility index (Phi) is 7.73. The van der Waals surface area contributed by atoms with Crippen LogP contribution in [0.15, 0.2) is 18.2 Å². The van der Waals surface area contributed by atoms with Crippen LogP contribution >= 0.6 is 0 Å². The highest BCUT2D eigenvalue weighted by molar-refractivity contribution is 5.85. The molecule has 0 spiro atoms. The molecule has 28 heavy (non-hydrogen) atoms. The minimum Gasteiger partial charge on any atom is -0.350 e. The zero-order valence-corrected chi connectivity index (χ0v) is 15.7. The SMILES string of the molecule is CCC(C(=O)N(CC)CC)N(CC(F)(F)F)c1ccc(C#N)c(C(F)(F)F)c1. The van der Waals surface area contributed by atoms with E-state index in [9.17, 15) is 31.1 Å². The molecule has 0 saturated heterocycles. The summed E-state index contributed by atoms with van der Waals surface area (Å²) in [6, 6.07) is 2.39. The molecule has 1 aromatic rings. The maximum atomic E-state index is 13.2. The van der Waals surface area contributed by atoms with Gasteiger partial charge in [-0.1, -0.05) is 6.92 Å². The fourth-order valence-electron chi connectivity index (χ4n) is 2.89. The van der Waals surface area contributed by atoms with E-state index < -0.39 is 47.7 Å². The molecule has 0 bridgehead atoms. The van der Waals surface area contributed by atoms with E-state index in [1.54, 1.807) is 13.8 Å². The van der Waals surface area contributed by atoms with Crippen molar-refractivity contribution < 1.29 is 31.1 Å². The lowest BCUT2D eigenvalue weighted by Gasteiger charge is -2.36. The average Bonchev–Trinajstić information content (AvgIpc) is 2.60.